The van der Waals surface area contributed by atoms with Gasteiger partial charge in [-0.25, -0.2) is 0 Å². The number of nitrogens with one attached hydrogen (secondary N) is 2. The SMILES string of the molecule is O=C(NNC(=O)[C@@H]1CC(=O)N(c2ccc(Br)cc2)C1)c1ccc(Cl)cc1Cl. The molecule has 1 atom stereocenters. The van der Waals surface area contributed by atoms with Crippen molar-refractivity contribution in [2.75, 3.05) is 11.4 Å². The molecule has 1 fully saturated rings. The highest BCUT2D eigenvalue weighted by Gasteiger charge is 2.35. The summed E-state index contributed by atoms with van der Waals surface area (Å²) in [6.07, 6.45) is 0.0689. The quantitative estimate of drug-likeness (QED) is 0.673. The first-order chi connectivity index (χ1) is 12.8. The van der Waals surface area contributed by atoms with Gasteiger partial charge in [0.15, 0.2) is 0 Å². The van der Waals surface area contributed by atoms with Crippen molar-refractivity contribution in [2.45, 2.75) is 6.42 Å². The van der Waals surface area contributed by atoms with Gasteiger partial charge in [0.05, 0.1) is 16.5 Å². The zero-order valence-corrected chi connectivity index (χ0v) is 16.9. The summed E-state index contributed by atoms with van der Waals surface area (Å²) < 4.78 is 0.899. The van der Waals surface area contributed by atoms with Gasteiger partial charge in [-0.3, -0.25) is 25.2 Å². The maximum Gasteiger partial charge on any atom is 0.271 e. The van der Waals surface area contributed by atoms with Crippen LogP contribution in [0.2, 0.25) is 10.0 Å². The molecule has 2 aromatic carbocycles. The molecule has 6 nitrogen and oxygen atoms in total. The van der Waals surface area contributed by atoms with Gasteiger partial charge in [0.2, 0.25) is 11.8 Å². The van der Waals surface area contributed by atoms with Gasteiger partial charge in [0.25, 0.3) is 5.91 Å². The lowest BCUT2D eigenvalue weighted by Gasteiger charge is -2.17. The van der Waals surface area contributed by atoms with Crippen molar-refractivity contribution in [3.05, 3.63) is 62.5 Å². The molecule has 27 heavy (non-hydrogen) atoms. The van der Waals surface area contributed by atoms with E-state index in [9.17, 15) is 14.4 Å². The number of hydrazine groups is 1. The summed E-state index contributed by atoms with van der Waals surface area (Å²) in [5.74, 6) is -1.73. The molecule has 0 spiro atoms. The van der Waals surface area contributed by atoms with E-state index in [1.54, 1.807) is 17.0 Å². The Kier molecular flexibility index (Phi) is 6.04. The van der Waals surface area contributed by atoms with E-state index in [1.165, 1.54) is 18.2 Å². The Hall–Kier alpha value is -2.09. The van der Waals surface area contributed by atoms with Gasteiger partial charge in [-0.05, 0) is 42.5 Å². The number of nitrogens with zero attached hydrogens (tertiary/aromatic N) is 1. The third-order valence-electron chi connectivity index (χ3n) is 4.11. The van der Waals surface area contributed by atoms with Gasteiger partial charge in [-0.1, -0.05) is 39.1 Å². The van der Waals surface area contributed by atoms with Gasteiger partial charge in [-0.2, -0.15) is 0 Å². The minimum atomic E-state index is -0.570. The second kappa shape index (κ2) is 8.29. The number of benzene rings is 2. The molecule has 1 aliphatic heterocycles. The lowest BCUT2D eigenvalue weighted by molar-refractivity contribution is -0.126. The van der Waals surface area contributed by atoms with Gasteiger partial charge in [0.1, 0.15) is 0 Å². The molecule has 1 aliphatic rings. The maximum absolute atomic E-state index is 12.3. The first-order valence-electron chi connectivity index (χ1n) is 7.96. The highest BCUT2D eigenvalue weighted by Crippen LogP contribution is 2.26. The highest BCUT2D eigenvalue weighted by atomic mass is 79.9. The second-order valence-electron chi connectivity index (χ2n) is 5.95. The van der Waals surface area contributed by atoms with E-state index in [0.29, 0.717) is 5.02 Å². The Balaban J connectivity index is 1.59. The fraction of sp³-hybridized carbons (Fsp3) is 0.167. The second-order valence-corrected chi connectivity index (χ2v) is 7.71. The molecule has 0 bridgehead atoms. The zero-order valence-electron chi connectivity index (χ0n) is 13.8. The molecule has 1 saturated heterocycles. The molecule has 0 aromatic heterocycles. The molecule has 0 saturated carbocycles. The van der Waals surface area contributed by atoms with Crippen LogP contribution >= 0.6 is 39.1 Å². The van der Waals surface area contributed by atoms with Gasteiger partial charge in [-0.15, -0.1) is 0 Å². The van der Waals surface area contributed by atoms with Gasteiger partial charge >= 0.3 is 0 Å². The lowest BCUT2D eigenvalue weighted by Crippen LogP contribution is -2.45. The van der Waals surface area contributed by atoms with E-state index in [2.05, 4.69) is 26.8 Å². The zero-order chi connectivity index (χ0) is 19.6. The van der Waals surface area contributed by atoms with Crippen molar-refractivity contribution in [2.24, 2.45) is 5.92 Å². The molecule has 2 N–H and O–H groups in total. The number of carbonyl (C=O) groups is 3. The van der Waals surface area contributed by atoms with Crippen LogP contribution in [0.15, 0.2) is 46.9 Å². The number of anilines is 1. The van der Waals surface area contributed by atoms with Crippen molar-refractivity contribution in [1.29, 1.82) is 0 Å². The molecule has 140 valence electrons. The average molecular weight is 471 g/mol. The standard InChI is InChI=1S/C18H14BrCl2N3O3/c19-11-1-4-13(5-2-11)24-9-10(7-16(24)25)17(26)22-23-18(27)14-6-3-12(20)8-15(14)21/h1-6,8,10H,7,9H2,(H,22,26)(H,23,27)/t10-/m1/s1. The van der Waals surface area contributed by atoms with E-state index in [-0.39, 0.29) is 29.5 Å². The van der Waals surface area contributed by atoms with E-state index in [1.807, 2.05) is 12.1 Å². The van der Waals surface area contributed by atoms with Crippen molar-refractivity contribution < 1.29 is 14.4 Å². The predicted octanol–water partition coefficient (Wildman–Crippen LogP) is 3.57. The Labute approximate surface area is 173 Å². The first kappa shape index (κ1) is 19.7. The fourth-order valence-electron chi connectivity index (χ4n) is 2.72. The van der Waals surface area contributed by atoms with Crippen LogP contribution in [0.25, 0.3) is 0 Å². The topological polar surface area (TPSA) is 78.5 Å². The van der Waals surface area contributed by atoms with Crippen LogP contribution in [0, 0.1) is 5.92 Å². The van der Waals surface area contributed by atoms with Crippen molar-refractivity contribution >= 4 is 62.5 Å². The fourth-order valence-corrected chi connectivity index (χ4v) is 3.47. The molecule has 9 heteroatoms. The van der Waals surface area contributed by atoms with Crippen LogP contribution in [0.4, 0.5) is 5.69 Å². The van der Waals surface area contributed by atoms with E-state index >= 15 is 0 Å². The number of carbonyl (C=O) groups excluding carboxylic acids is 3. The molecule has 1 heterocycles. The lowest BCUT2D eigenvalue weighted by atomic mass is 10.1. The molecule has 0 radical (unpaired) electrons. The van der Waals surface area contributed by atoms with Crippen LogP contribution in [0.3, 0.4) is 0 Å². The molecular formula is C18H14BrCl2N3O3. The van der Waals surface area contributed by atoms with E-state index in [0.717, 1.165) is 10.2 Å². The first-order valence-corrected chi connectivity index (χ1v) is 9.51. The van der Waals surface area contributed by atoms with Crippen LogP contribution in [-0.2, 0) is 9.59 Å². The summed E-state index contributed by atoms with van der Waals surface area (Å²) in [5.41, 5.74) is 5.56. The number of halogens is 3. The third-order valence-corrected chi connectivity index (χ3v) is 5.19. The van der Waals surface area contributed by atoms with E-state index in [4.69, 9.17) is 23.2 Å². The Morgan fingerprint density at radius 2 is 1.78 bits per heavy atom. The summed E-state index contributed by atoms with van der Waals surface area (Å²) >= 11 is 15.1. The van der Waals surface area contributed by atoms with Crippen LogP contribution in [-0.4, -0.2) is 24.3 Å². The van der Waals surface area contributed by atoms with Gasteiger partial charge in [0, 0.05) is 28.1 Å². The van der Waals surface area contributed by atoms with Crippen LogP contribution in [0.1, 0.15) is 16.8 Å². The Bertz CT molecular complexity index is 905. The third kappa shape index (κ3) is 4.61. The summed E-state index contributed by atoms with van der Waals surface area (Å²) in [4.78, 5) is 38.3. The van der Waals surface area contributed by atoms with Crippen LogP contribution < -0.4 is 15.8 Å². The van der Waals surface area contributed by atoms with Gasteiger partial charge < -0.3 is 4.90 Å². The summed E-state index contributed by atoms with van der Waals surface area (Å²) in [6.45, 7) is 0.240. The average Bonchev–Trinajstić information content (AvgIpc) is 3.02. The molecular weight excluding hydrogens is 457 g/mol. The summed E-state index contributed by atoms with van der Waals surface area (Å²) in [6, 6.07) is 11.7. The monoisotopic (exact) mass is 469 g/mol. The number of rotatable bonds is 3. The minimum Gasteiger partial charge on any atom is -0.312 e. The predicted molar refractivity (Wildman–Crippen MR) is 107 cm³/mol. The number of hydrogen-bond acceptors (Lipinski definition) is 3. The Morgan fingerprint density at radius 3 is 2.44 bits per heavy atom. The highest BCUT2D eigenvalue weighted by molar-refractivity contribution is 9.10. The molecule has 0 aliphatic carbocycles. The normalized spacial score (nSPS) is 16.3. The van der Waals surface area contributed by atoms with E-state index < -0.39 is 17.7 Å². The van der Waals surface area contributed by atoms with Crippen LogP contribution in [0.5, 0.6) is 0 Å². The molecule has 0 unspecified atom stereocenters. The number of hydrogen-bond donors (Lipinski definition) is 2. The largest absolute Gasteiger partial charge is 0.312 e. The Morgan fingerprint density at radius 1 is 1.07 bits per heavy atom. The maximum atomic E-state index is 12.3. The van der Waals surface area contributed by atoms with Crippen molar-refractivity contribution in [1.82, 2.24) is 10.9 Å². The molecule has 2 aromatic rings. The summed E-state index contributed by atoms with van der Waals surface area (Å²) in [5, 5.41) is 0.574. The number of amides is 3. The van der Waals surface area contributed by atoms with Crippen molar-refractivity contribution in [3.63, 3.8) is 0 Å². The van der Waals surface area contributed by atoms with Crippen molar-refractivity contribution in [3.8, 4) is 0 Å². The molecule has 3 rings (SSSR count). The summed E-state index contributed by atoms with van der Waals surface area (Å²) in [7, 11) is 0. The smallest absolute Gasteiger partial charge is 0.271 e. The minimum absolute atomic E-state index is 0.0689. The molecule has 3 amide bonds.